The Balaban J connectivity index is 2.03. The Morgan fingerprint density at radius 1 is 1.39 bits per heavy atom. The molecule has 96 valence electrons. The minimum atomic E-state index is 0.0270. The molecule has 0 spiro atoms. The topological polar surface area (TPSA) is 41.0 Å². The van der Waals surface area contributed by atoms with E-state index in [1.165, 1.54) is 6.42 Å². The third kappa shape index (κ3) is 1.86. The van der Waals surface area contributed by atoms with E-state index in [1.807, 2.05) is 28.8 Å². The number of nitrogens with one attached hydrogen (secondary N) is 1. The monoisotopic (exact) mass is 245 g/mol. The number of imidazole rings is 1. The first kappa shape index (κ1) is 11.5. The fourth-order valence-electron chi connectivity index (χ4n) is 2.97. The lowest BCUT2D eigenvalue weighted by Crippen LogP contribution is -2.38. The van der Waals surface area contributed by atoms with E-state index in [4.69, 9.17) is 0 Å². The number of likely N-dealkylation sites (tertiary alicyclic amines) is 1. The van der Waals surface area contributed by atoms with E-state index in [9.17, 15) is 4.79 Å². The highest BCUT2D eigenvalue weighted by Gasteiger charge is 2.23. The molecule has 2 aromatic rings. The fraction of sp³-hybridized carbons (Fsp3) is 0.500. The number of piperidine rings is 1. The third-order valence-electron chi connectivity index (χ3n) is 3.92. The largest absolute Gasteiger partial charge is 0.326 e. The number of hydrogen-bond acceptors (Lipinski definition) is 2. The Morgan fingerprint density at radius 3 is 3.06 bits per heavy atom. The van der Waals surface area contributed by atoms with Crippen LogP contribution in [0.25, 0.3) is 11.0 Å². The van der Waals surface area contributed by atoms with Gasteiger partial charge in [0.1, 0.15) is 0 Å². The number of aromatic nitrogens is 2. The van der Waals surface area contributed by atoms with Crippen LogP contribution >= 0.6 is 0 Å². The summed E-state index contributed by atoms with van der Waals surface area (Å²) in [6.45, 7) is 5.39. The quantitative estimate of drug-likeness (QED) is 0.879. The van der Waals surface area contributed by atoms with Crippen LogP contribution in [0.15, 0.2) is 29.1 Å². The van der Waals surface area contributed by atoms with Gasteiger partial charge in [-0.05, 0) is 38.1 Å². The van der Waals surface area contributed by atoms with Gasteiger partial charge in [-0.3, -0.25) is 4.57 Å². The molecule has 1 atom stereocenters. The van der Waals surface area contributed by atoms with Crippen molar-refractivity contribution in [3.8, 4) is 0 Å². The Labute approximate surface area is 106 Å². The second-order valence-corrected chi connectivity index (χ2v) is 5.01. The van der Waals surface area contributed by atoms with Gasteiger partial charge >= 0.3 is 5.69 Å². The Morgan fingerprint density at radius 2 is 2.22 bits per heavy atom. The molecule has 0 aliphatic carbocycles. The van der Waals surface area contributed by atoms with Gasteiger partial charge in [-0.25, -0.2) is 4.79 Å². The molecule has 0 amide bonds. The van der Waals surface area contributed by atoms with Crippen LogP contribution in [0, 0.1) is 0 Å². The molecule has 4 nitrogen and oxygen atoms in total. The number of para-hydroxylation sites is 2. The molecular weight excluding hydrogens is 226 g/mol. The van der Waals surface area contributed by atoms with Crippen molar-refractivity contribution in [2.24, 2.45) is 0 Å². The molecular formula is C14H19N3O. The van der Waals surface area contributed by atoms with Gasteiger partial charge in [0, 0.05) is 6.54 Å². The summed E-state index contributed by atoms with van der Waals surface area (Å²) in [4.78, 5) is 17.5. The predicted octanol–water partition coefficient (Wildman–Crippen LogP) is 1.99. The van der Waals surface area contributed by atoms with Crippen LogP contribution < -0.4 is 5.69 Å². The van der Waals surface area contributed by atoms with E-state index in [2.05, 4.69) is 16.8 Å². The zero-order valence-corrected chi connectivity index (χ0v) is 10.7. The second-order valence-electron chi connectivity index (χ2n) is 5.01. The minimum Gasteiger partial charge on any atom is -0.306 e. The third-order valence-corrected chi connectivity index (χ3v) is 3.92. The number of hydrogen-bond donors (Lipinski definition) is 1. The number of nitrogens with zero attached hydrogens (tertiary/aromatic N) is 2. The lowest BCUT2D eigenvalue weighted by atomic mass is 10.1. The van der Waals surface area contributed by atoms with E-state index in [0.29, 0.717) is 6.04 Å². The Bertz CT molecular complexity index is 598. The summed E-state index contributed by atoms with van der Waals surface area (Å²) in [5.41, 5.74) is 2.00. The van der Waals surface area contributed by atoms with E-state index < -0.39 is 0 Å². The van der Waals surface area contributed by atoms with Gasteiger partial charge in [-0.1, -0.05) is 19.1 Å². The molecule has 1 fully saturated rings. The molecule has 0 radical (unpaired) electrons. The fourth-order valence-corrected chi connectivity index (χ4v) is 2.97. The van der Waals surface area contributed by atoms with Crippen LogP contribution in [-0.4, -0.2) is 34.1 Å². The Kier molecular flexibility index (Phi) is 2.96. The van der Waals surface area contributed by atoms with Crippen molar-refractivity contribution in [2.75, 3.05) is 19.6 Å². The molecule has 2 heterocycles. The first-order chi connectivity index (χ1) is 8.79. The molecule has 4 heteroatoms. The lowest BCUT2D eigenvalue weighted by Gasteiger charge is -2.32. The number of rotatable bonds is 2. The first-order valence-corrected chi connectivity index (χ1v) is 6.71. The van der Waals surface area contributed by atoms with Crippen LogP contribution in [0.2, 0.25) is 0 Å². The van der Waals surface area contributed by atoms with Crippen molar-refractivity contribution >= 4 is 11.0 Å². The molecule has 1 unspecified atom stereocenters. The van der Waals surface area contributed by atoms with Crippen LogP contribution in [0.3, 0.4) is 0 Å². The number of benzene rings is 1. The van der Waals surface area contributed by atoms with Crippen molar-refractivity contribution in [2.45, 2.75) is 25.8 Å². The van der Waals surface area contributed by atoms with Crippen molar-refractivity contribution in [1.29, 1.82) is 0 Å². The molecule has 1 aromatic carbocycles. The van der Waals surface area contributed by atoms with E-state index >= 15 is 0 Å². The maximum Gasteiger partial charge on any atom is 0.326 e. The van der Waals surface area contributed by atoms with Crippen molar-refractivity contribution in [3.63, 3.8) is 0 Å². The van der Waals surface area contributed by atoms with Gasteiger partial charge < -0.3 is 9.88 Å². The summed E-state index contributed by atoms with van der Waals surface area (Å²) in [7, 11) is 0. The van der Waals surface area contributed by atoms with Crippen LogP contribution in [0.5, 0.6) is 0 Å². The van der Waals surface area contributed by atoms with Crippen LogP contribution in [0.1, 0.15) is 25.8 Å². The maximum absolute atomic E-state index is 12.1. The zero-order valence-electron chi connectivity index (χ0n) is 10.7. The average Bonchev–Trinajstić information content (AvgIpc) is 2.74. The van der Waals surface area contributed by atoms with Gasteiger partial charge in [0.05, 0.1) is 17.1 Å². The second kappa shape index (κ2) is 4.61. The van der Waals surface area contributed by atoms with Gasteiger partial charge in [0.15, 0.2) is 0 Å². The Hall–Kier alpha value is -1.55. The van der Waals surface area contributed by atoms with Gasteiger partial charge in [0.25, 0.3) is 0 Å². The summed E-state index contributed by atoms with van der Waals surface area (Å²) in [6, 6.07) is 8.25. The zero-order chi connectivity index (χ0) is 12.5. The highest BCUT2D eigenvalue weighted by molar-refractivity contribution is 5.75. The SMILES string of the molecule is CCN1CCCC(n2c(=O)[nH]c3ccccc32)C1. The summed E-state index contributed by atoms with van der Waals surface area (Å²) >= 11 is 0. The van der Waals surface area contributed by atoms with Crippen LogP contribution in [-0.2, 0) is 0 Å². The molecule has 1 aliphatic heterocycles. The van der Waals surface area contributed by atoms with E-state index in [1.54, 1.807) is 0 Å². The van der Waals surface area contributed by atoms with Gasteiger partial charge in [0.2, 0.25) is 0 Å². The molecule has 18 heavy (non-hydrogen) atoms. The summed E-state index contributed by atoms with van der Waals surface area (Å²) in [6.07, 6.45) is 2.27. The lowest BCUT2D eigenvalue weighted by molar-refractivity contribution is 0.185. The number of likely N-dealkylation sites (N-methyl/N-ethyl adjacent to an activating group) is 1. The molecule has 1 N–H and O–H groups in total. The molecule has 1 saturated heterocycles. The van der Waals surface area contributed by atoms with Gasteiger partial charge in [-0.15, -0.1) is 0 Å². The smallest absolute Gasteiger partial charge is 0.306 e. The molecule has 1 aromatic heterocycles. The summed E-state index contributed by atoms with van der Waals surface area (Å²) < 4.78 is 1.94. The highest BCUT2D eigenvalue weighted by Crippen LogP contribution is 2.23. The maximum atomic E-state index is 12.1. The molecule has 3 rings (SSSR count). The standard InChI is InChI=1S/C14H19N3O/c1-2-16-9-5-6-11(10-16)17-13-8-4-3-7-12(13)15-14(17)18/h3-4,7-8,11H,2,5-6,9-10H2,1H3,(H,15,18). The summed E-state index contributed by atoms with van der Waals surface area (Å²) in [5, 5.41) is 0. The number of fused-ring (bicyclic) bond motifs is 1. The molecule has 0 bridgehead atoms. The normalized spacial score (nSPS) is 21.5. The minimum absolute atomic E-state index is 0.0270. The van der Waals surface area contributed by atoms with Crippen LogP contribution in [0.4, 0.5) is 0 Å². The first-order valence-electron chi connectivity index (χ1n) is 6.71. The molecule has 1 aliphatic rings. The van der Waals surface area contributed by atoms with Crippen molar-refractivity contribution < 1.29 is 0 Å². The summed E-state index contributed by atoms with van der Waals surface area (Å²) in [5.74, 6) is 0. The van der Waals surface area contributed by atoms with E-state index in [-0.39, 0.29) is 5.69 Å². The van der Waals surface area contributed by atoms with Crippen molar-refractivity contribution in [1.82, 2.24) is 14.5 Å². The average molecular weight is 245 g/mol. The number of aromatic amines is 1. The predicted molar refractivity (Wildman–Crippen MR) is 72.9 cm³/mol. The van der Waals surface area contributed by atoms with Gasteiger partial charge in [-0.2, -0.15) is 0 Å². The van der Waals surface area contributed by atoms with Crippen molar-refractivity contribution in [3.05, 3.63) is 34.7 Å². The molecule has 0 saturated carbocycles. The number of H-pyrrole nitrogens is 1. The van der Waals surface area contributed by atoms with E-state index in [0.717, 1.165) is 37.1 Å². The highest BCUT2D eigenvalue weighted by atomic mass is 16.1.